The lowest BCUT2D eigenvalue weighted by Crippen LogP contribution is -2.35. The molecule has 1 aliphatic rings. The molecule has 106 valence electrons. The third-order valence-electron chi connectivity index (χ3n) is 4.14. The summed E-state index contributed by atoms with van der Waals surface area (Å²) in [4.78, 5) is 1.48. The first-order valence-electron chi connectivity index (χ1n) is 7.30. The lowest BCUT2D eigenvalue weighted by atomic mass is 9.84. The summed E-state index contributed by atoms with van der Waals surface area (Å²) in [5.41, 5.74) is 1.37. The van der Waals surface area contributed by atoms with E-state index < -0.39 is 0 Å². The molecule has 0 aliphatic carbocycles. The number of fused-ring (bicyclic) bond motifs is 1. The first kappa shape index (κ1) is 13.7. The maximum atomic E-state index is 5.77. The number of ether oxygens (including phenoxy) is 1. The van der Waals surface area contributed by atoms with Crippen LogP contribution >= 0.6 is 11.3 Å². The van der Waals surface area contributed by atoms with Gasteiger partial charge in [0.25, 0.3) is 0 Å². The van der Waals surface area contributed by atoms with Crippen molar-refractivity contribution in [1.29, 1.82) is 0 Å². The van der Waals surface area contributed by atoms with Crippen LogP contribution in [-0.2, 0) is 6.42 Å². The molecule has 1 aromatic heterocycles. The lowest BCUT2D eigenvalue weighted by Gasteiger charge is -2.32. The molecule has 20 heavy (non-hydrogen) atoms. The van der Waals surface area contributed by atoms with Crippen molar-refractivity contribution >= 4 is 11.3 Å². The number of thiophene rings is 1. The van der Waals surface area contributed by atoms with Crippen molar-refractivity contribution in [3.63, 3.8) is 0 Å². The maximum absolute atomic E-state index is 5.77. The van der Waals surface area contributed by atoms with Crippen molar-refractivity contribution in [2.75, 3.05) is 13.7 Å². The zero-order chi connectivity index (χ0) is 13.8. The van der Waals surface area contributed by atoms with Gasteiger partial charge in [-0.05, 0) is 49.4 Å². The highest BCUT2D eigenvalue weighted by Crippen LogP contribution is 2.36. The van der Waals surface area contributed by atoms with Gasteiger partial charge in [-0.25, -0.2) is 0 Å². The van der Waals surface area contributed by atoms with Crippen LogP contribution in [0.4, 0.5) is 0 Å². The molecule has 3 rings (SSSR count). The molecule has 2 nitrogen and oxygen atoms in total. The summed E-state index contributed by atoms with van der Waals surface area (Å²) in [5.74, 6) is 1.63. The Balaban J connectivity index is 1.73. The van der Waals surface area contributed by atoms with E-state index in [9.17, 15) is 0 Å². The number of benzene rings is 1. The summed E-state index contributed by atoms with van der Waals surface area (Å²) < 4.78 is 5.77. The van der Waals surface area contributed by atoms with Crippen LogP contribution in [0.2, 0.25) is 0 Å². The van der Waals surface area contributed by atoms with Crippen LogP contribution in [0.5, 0.6) is 5.75 Å². The lowest BCUT2D eigenvalue weighted by molar-refractivity contribution is 0.244. The fourth-order valence-electron chi connectivity index (χ4n) is 3.09. The van der Waals surface area contributed by atoms with Gasteiger partial charge in [0, 0.05) is 16.8 Å². The predicted octanol–water partition coefficient (Wildman–Crippen LogP) is 3.84. The molecule has 2 unspecified atom stereocenters. The molecule has 2 atom stereocenters. The third kappa shape index (κ3) is 2.89. The van der Waals surface area contributed by atoms with Crippen molar-refractivity contribution in [3.05, 3.63) is 52.2 Å². The molecule has 0 spiro atoms. The van der Waals surface area contributed by atoms with Gasteiger partial charge >= 0.3 is 0 Å². The molecule has 0 saturated carbocycles. The van der Waals surface area contributed by atoms with Gasteiger partial charge in [0.05, 0.1) is 6.61 Å². The molecule has 1 N–H and O–H groups in total. The minimum absolute atomic E-state index is 0.516. The van der Waals surface area contributed by atoms with E-state index in [-0.39, 0.29) is 0 Å². The van der Waals surface area contributed by atoms with Crippen molar-refractivity contribution in [3.8, 4) is 5.75 Å². The topological polar surface area (TPSA) is 21.3 Å². The van der Waals surface area contributed by atoms with Gasteiger partial charge in [0.2, 0.25) is 0 Å². The fraction of sp³-hybridized carbons (Fsp3) is 0.412. The molecule has 0 radical (unpaired) electrons. The molecule has 2 aromatic rings. The Hall–Kier alpha value is -1.32. The minimum Gasteiger partial charge on any atom is -0.493 e. The van der Waals surface area contributed by atoms with Gasteiger partial charge in [-0.15, -0.1) is 11.3 Å². The Labute approximate surface area is 124 Å². The highest BCUT2D eigenvalue weighted by Gasteiger charge is 2.27. The van der Waals surface area contributed by atoms with E-state index in [1.165, 1.54) is 16.9 Å². The van der Waals surface area contributed by atoms with Crippen LogP contribution in [0.3, 0.4) is 0 Å². The molecule has 0 fully saturated rings. The normalized spacial score (nSPS) is 19.1. The quantitative estimate of drug-likeness (QED) is 0.902. The highest BCUT2D eigenvalue weighted by atomic mass is 32.1. The van der Waals surface area contributed by atoms with E-state index >= 15 is 0 Å². The average molecular weight is 287 g/mol. The SMILES string of the molecule is CNC(CCc1cccs1)C1CCOc2ccccc21. The second kappa shape index (κ2) is 6.42. The molecule has 0 bridgehead atoms. The molecular formula is C17H21NOS. The van der Waals surface area contributed by atoms with Gasteiger partial charge in [-0.2, -0.15) is 0 Å². The second-order valence-electron chi connectivity index (χ2n) is 5.29. The number of aryl methyl sites for hydroxylation is 1. The van der Waals surface area contributed by atoms with E-state index in [0.29, 0.717) is 12.0 Å². The third-order valence-corrected chi connectivity index (χ3v) is 5.08. The summed E-state index contributed by atoms with van der Waals surface area (Å²) >= 11 is 1.86. The minimum atomic E-state index is 0.516. The number of para-hydroxylation sites is 1. The summed E-state index contributed by atoms with van der Waals surface area (Å²) in [7, 11) is 2.08. The smallest absolute Gasteiger partial charge is 0.122 e. The van der Waals surface area contributed by atoms with E-state index in [1.54, 1.807) is 0 Å². The summed E-state index contributed by atoms with van der Waals surface area (Å²) in [6.07, 6.45) is 3.44. The number of likely N-dealkylation sites (N-methyl/N-ethyl adjacent to an activating group) is 1. The summed E-state index contributed by atoms with van der Waals surface area (Å²) in [6.45, 7) is 0.832. The van der Waals surface area contributed by atoms with Crippen LogP contribution in [-0.4, -0.2) is 19.7 Å². The van der Waals surface area contributed by atoms with Gasteiger partial charge < -0.3 is 10.1 Å². The first-order chi connectivity index (χ1) is 9.88. The van der Waals surface area contributed by atoms with Gasteiger partial charge in [0.15, 0.2) is 0 Å². The molecule has 1 aromatic carbocycles. The van der Waals surface area contributed by atoms with Crippen LogP contribution in [0.15, 0.2) is 41.8 Å². The standard InChI is InChI=1S/C17H21NOS/c1-18-16(9-8-13-5-4-12-20-13)14-10-11-19-17-7-3-2-6-15(14)17/h2-7,12,14,16,18H,8-11H2,1H3. The van der Waals surface area contributed by atoms with Crippen LogP contribution in [0, 0.1) is 0 Å². The molecular weight excluding hydrogens is 266 g/mol. The van der Waals surface area contributed by atoms with Crippen molar-refractivity contribution in [2.45, 2.75) is 31.2 Å². The molecule has 0 saturated heterocycles. The Morgan fingerprint density at radius 3 is 3.00 bits per heavy atom. The van der Waals surface area contributed by atoms with Crippen molar-refractivity contribution < 1.29 is 4.74 Å². The van der Waals surface area contributed by atoms with Crippen molar-refractivity contribution in [1.82, 2.24) is 5.32 Å². The van der Waals surface area contributed by atoms with Gasteiger partial charge in [-0.1, -0.05) is 24.3 Å². The Kier molecular flexibility index (Phi) is 4.38. The van der Waals surface area contributed by atoms with Crippen molar-refractivity contribution in [2.24, 2.45) is 0 Å². The Morgan fingerprint density at radius 1 is 1.30 bits per heavy atom. The van der Waals surface area contributed by atoms with Gasteiger partial charge in [0.1, 0.15) is 5.75 Å². The molecule has 0 amide bonds. The fourth-order valence-corrected chi connectivity index (χ4v) is 3.81. The zero-order valence-electron chi connectivity index (χ0n) is 11.8. The van der Waals surface area contributed by atoms with Crippen LogP contribution in [0.25, 0.3) is 0 Å². The second-order valence-corrected chi connectivity index (χ2v) is 6.33. The monoisotopic (exact) mass is 287 g/mol. The molecule has 2 heterocycles. The van der Waals surface area contributed by atoms with Crippen LogP contribution < -0.4 is 10.1 Å². The first-order valence-corrected chi connectivity index (χ1v) is 8.18. The number of rotatable bonds is 5. The summed E-state index contributed by atoms with van der Waals surface area (Å²) in [5, 5.41) is 5.68. The average Bonchev–Trinajstić information content (AvgIpc) is 3.01. The predicted molar refractivity (Wildman–Crippen MR) is 84.8 cm³/mol. The Bertz CT molecular complexity index is 538. The highest BCUT2D eigenvalue weighted by molar-refractivity contribution is 7.09. The van der Waals surface area contributed by atoms with E-state index in [1.807, 2.05) is 11.3 Å². The van der Waals surface area contributed by atoms with E-state index in [2.05, 4.69) is 54.1 Å². The van der Waals surface area contributed by atoms with Gasteiger partial charge in [-0.3, -0.25) is 0 Å². The largest absolute Gasteiger partial charge is 0.493 e. The van der Waals surface area contributed by atoms with E-state index in [0.717, 1.165) is 25.2 Å². The zero-order valence-corrected chi connectivity index (χ0v) is 12.7. The van der Waals surface area contributed by atoms with E-state index in [4.69, 9.17) is 4.74 Å². The Morgan fingerprint density at radius 2 is 2.20 bits per heavy atom. The number of nitrogens with one attached hydrogen (secondary N) is 1. The maximum Gasteiger partial charge on any atom is 0.122 e. The number of hydrogen-bond acceptors (Lipinski definition) is 3. The molecule has 1 aliphatic heterocycles. The van der Waals surface area contributed by atoms with Crippen LogP contribution in [0.1, 0.15) is 29.2 Å². The molecule has 3 heteroatoms. The summed E-state index contributed by atoms with van der Waals surface area (Å²) in [6, 6.07) is 13.4. The number of hydrogen-bond donors (Lipinski definition) is 1.